The number of rotatable bonds is 3. The smallest absolute Gasteiger partial charge is 0.309 e. The Morgan fingerprint density at radius 3 is 2.67 bits per heavy atom. The molecule has 1 aromatic rings. The molecule has 15 heavy (non-hydrogen) atoms. The number of H-pyrrole nitrogens is 1. The van der Waals surface area contributed by atoms with Gasteiger partial charge in [-0.3, -0.25) is 9.59 Å². The van der Waals surface area contributed by atoms with E-state index < -0.39 is 29.8 Å². The fourth-order valence-electron chi connectivity index (χ4n) is 1.18. The van der Waals surface area contributed by atoms with Gasteiger partial charge in [-0.1, -0.05) is 0 Å². The maximum absolute atomic E-state index is 12.4. The molecule has 5 nitrogen and oxygen atoms in total. The lowest BCUT2D eigenvalue weighted by molar-refractivity contribution is -0.136. The van der Waals surface area contributed by atoms with Crippen molar-refractivity contribution in [1.29, 1.82) is 0 Å². The molecule has 0 fully saturated rings. The minimum Gasteiger partial charge on any atom is -0.481 e. The zero-order valence-corrected chi connectivity index (χ0v) is 7.46. The van der Waals surface area contributed by atoms with E-state index in [1.165, 1.54) is 0 Å². The molecule has 7 heteroatoms. The van der Waals surface area contributed by atoms with Gasteiger partial charge in [-0.25, -0.2) is 8.78 Å². The SMILES string of the molecule is Nc1cc(=O)c(C(F)F)c(CC(=O)O)[nH]1. The number of anilines is 1. The lowest BCUT2D eigenvalue weighted by Crippen LogP contribution is -2.18. The first-order valence-electron chi connectivity index (χ1n) is 3.93. The van der Waals surface area contributed by atoms with Crippen LogP contribution in [0, 0.1) is 0 Å². The lowest BCUT2D eigenvalue weighted by Gasteiger charge is -2.07. The third-order valence-electron chi connectivity index (χ3n) is 1.72. The molecule has 0 aliphatic rings. The van der Waals surface area contributed by atoms with Crippen LogP contribution >= 0.6 is 0 Å². The van der Waals surface area contributed by atoms with Crippen molar-refractivity contribution in [3.63, 3.8) is 0 Å². The number of carboxylic acids is 1. The molecule has 1 heterocycles. The minimum atomic E-state index is -3.02. The van der Waals surface area contributed by atoms with Crippen molar-refractivity contribution < 1.29 is 18.7 Å². The van der Waals surface area contributed by atoms with E-state index >= 15 is 0 Å². The molecule has 0 bridgehead atoms. The van der Waals surface area contributed by atoms with E-state index in [1.54, 1.807) is 0 Å². The molecule has 0 aromatic carbocycles. The summed E-state index contributed by atoms with van der Waals surface area (Å²) in [6.45, 7) is 0. The Morgan fingerprint density at radius 2 is 2.20 bits per heavy atom. The Labute approximate surface area is 82.5 Å². The summed E-state index contributed by atoms with van der Waals surface area (Å²) in [5, 5.41) is 8.45. The number of alkyl halides is 2. The van der Waals surface area contributed by atoms with E-state index in [1.807, 2.05) is 0 Å². The van der Waals surface area contributed by atoms with E-state index in [-0.39, 0.29) is 11.5 Å². The van der Waals surface area contributed by atoms with E-state index in [9.17, 15) is 18.4 Å². The molecule has 0 saturated carbocycles. The standard InChI is InChI=1S/C8H8F2N2O3/c9-8(10)7-3(1-6(14)15)12-5(11)2-4(7)13/h2,8H,1H2,(H,14,15)(H3,11,12,13). The normalized spacial score (nSPS) is 10.6. The van der Waals surface area contributed by atoms with Crippen molar-refractivity contribution in [1.82, 2.24) is 4.98 Å². The van der Waals surface area contributed by atoms with Crippen molar-refractivity contribution in [3.05, 3.63) is 27.5 Å². The largest absolute Gasteiger partial charge is 0.481 e. The second-order valence-electron chi connectivity index (χ2n) is 2.85. The van der Waals surface area contributed by atoms with Crippen molar-refractivity contribution in [2.75, 3.05) is 5.73 Å². The number of nitrogens with one attached hydrogen (secondary N) is 1. The molecule has 0 spiro atoms. The second-order valence-corrected chi connectivity index (χ2v) is 2.85. The van der Waals surface area contributed by atoms with Gasteiger partial charge in [0.05, 0.1) is 12.0 Å². The number of aromatic amines is 1. The summed E-state index contributed by atoms with van der Waals surface area (Å²) in [5.41, 5.74) is 3.05. The Morgan fingerprint density at radius 1 is 1.60 bits per heavy atom. The first kappa shape index (κ1) is 11.2. The highest BCUT2D eigenvalue weighted by molar-refractivity contribution is 5.70. The number of hydrogen-bond donors (Lipinski definition) is 3. The van der Waals surface area contributed by atoms with Crippen molar-refractivity contribution in [2.45, 2.75) is 12.8 Å². The van der Waals surface area contributed by atoms with Gasteiger partial charge in [0, 0.05) is 11.8 Å². The predicted molar refractivity (Wildman–Crippen MR) is 47.8 cm³/mol. The average Bonchev–Trinajstić information content (AvgIpc) is 1.99. The van der Waals surface area contributed by atoms with E-state index in [0.717, 1.165) is 6.07 Å². The van der Waals surface area contributed by atoms with Crippen LogP contribution in [-0.2, 0) is 11.2 Å². The van der Waals surface area contributed by atoms with Gasteiger partial charge in [-0.15, -0.1) is 0 Å². The topological polar surface area (TPSA) is 96.2 Å². The van der Waals surface area contributed by atoms with Gasteiger partial charge >= 0.3 is 5.97 Å². The molecule has 0 radical (unpaired) electrons. The number of carbonyl (C=O) groups is 1. The fourth-order valence-corrected chi connectivity index (χ4v) is 1.18. The predicted octanol–water partition coefficient (Wildman–Crippen LogP) is 0.522. The maximum atomic E-state index is 12.4. The van der Waals surface area contributed by atoms with Gasteiger partial charge in [0.1, 0.15) is 5.82 Å². The molecule has 0 amide bonds. The number of pyridine rings is 1. The van der Waals surface area contributed by atoms with Crippen LogP contribution in [0.2, 0.25) is 0 Å². The van der Waals surface area contributed by atoms with E-state index in [0.29, 0.717) is 0 Å². The monoisotopic (exact) mass is 218 g/mol. The Hall–Kier alpha value is -1.92. The molecule has 0 aliphatic heterocycles. The molecule has 0 unspecified atom stereocenters. The van der Waals surface area contributed by atoms with Gasteiger partial charge in [-0.05, 0) is 0 Å². The van der Waals surface area contributed by atoms with E-state index in [4.69, 9.17) is 10.8 Å². The number of aliphatic carboxylic acids is 1. The summed E-state index contributed by atoms with van der Waals surface area (Å²) < 4.78 is 24.8. The number of carboxylic acid groups (broad SMARTS) is 1. The molecule has 1 aromatic heterocycles. The summed E-state index contributed by atoms with van der Waals surface area (Å²) in [5.74, 6) is -1.46. The Bertz CT molecular complexity index is 442. The van der Waals surface area contributed by atoms with Crippen molar-refractivity contribution in [3.8, 4) is 0 Å². The molecular weight excluding hydrogens is 210 g/mol. The van der Waals surface area contributed by atoms with Crippen LogP contribution in [-0.4, -0.2) is 16.1 Å². The van der Waals surface area contributed by atoms with Gasteiger partial charge < -0.3 is 15.8 Å². The van der Waals surface area contributed by atoms with Crippen LogP contribution in [0.5, 0.6) is 0 Å². The van der Waals surface area contributed by atoms with Crippen LogP contribution in [0.3, 0.4) is 0 Å². The van der Waals surface area contributed by atoms with Gasteiger partial charge in [0.25, 0.3) is 6.43 Å². The van der Waals surface area contributed by atoms with Gasteiger partial charge in [0.2, 0.25) is 0 Å². The number of aromatic nitrogens is 1. The maximum Gasteiger partial charge on any atom is 0.309 e. The summed E-state index contributed by atoms with van der Waals surface area (Å²) in [7, 11) is 0. The highest BCUT2D eigenvalue weighted by atomic mass is 19.3. The average molecular weight is 218 g/mol. The minimum absolute atomic E-state index is 0.138. The molecule has 0 aliphatic carbocycles. The molecule has 0 saturated heterocycles. The number of halogens is 2. The first-order chi connectivity index (χ1) is 6.91. The molecule has 82 valence electrons. The van der Waals surface area contributed by atoms with Crippen LogP contribution in [0.25, 0.3) is 0 Å². The lowest BCUT2D eigenvalue weighted by atomic mass is 10.1. The molecule has 4 N–H and O–H groups in total. The zero-order chi connectivity index (χ0) is 11.6. The number of nitrogens with two attached hydrogens (primary N) is 1. The number of nitrogen functional groups attached to an aromatic ring is 1. The third-order valence-corrected chi connectivity index (χ3v) is 1.72. The first-order valence-corrected chi connectivity index (χ1v) is 3.93. The van der Waals surface area contributed by atoms with Crippen LogP contribution in [0.4, 0.5) is 14.6 Å². The van der Waals surface area contributed by atoms with Crippen LogP contribution in [0.15, 0.2) is 10.9 Å². The summed E-state index contributed by atoms with van der Waals surface area (Å²) in [4.78, 5) is 23.7. The Balaban J connectivity index is 3.33. The third kappa shape index (κ3) is 2.52. The van der Waals surface area contributed by atoms with Crippen LogP contribution < -0.4 is 11.2 Å². The molecule has 1 rings (SSSR count). The summed E-state index contributed by atoms with van der Waals surface area (Å²) in [6, 6.07) is 0.798. The molecular formula is C8H8F2N2O3. The van der Waals surface area contributed by atoms with Gasteiger partial charge in [-0.2, -0.15) is 0 Å². The van der Waals surface area contributed by atoms with Gasteiger partial charge in [0.15, 0.2) is 5.43 Å². The zero-order valence-electron chi connectivity index (χ0n) is 7.46. The van der Waals surface area contributed by atoms with Crippen molar-refractivity contribution >= 4 is 11.8 Å². The number of hydrogen-bond acceptors (Lipinski definition) is 3. The fraction of sp³-hybridized carbons (Fsp3) is 0.250. The summed E-state index contributed by atoms with van der Waals surface area (Å²) in [6.07, 6.45) is -3.72. The van der Waals surface area contributed by atoms with Crippen molar-refractivity contribution in [2.24, 2.45) is 0 Å². The highest BCUT2D eigenvalue weighted by Gasteiger charge is 2.19. The molecule has 0 atom stereocenters. The van der Waals surface area contributed by atoms with Crippen LogP contribution in [0.1, 0.15) is 17.7 Å². The van der Waals surface area contributed by atoms with E-state index in [2.05, 4.69) is 4.98 Å². The highest BCUT2D eigenvalue weighted by Crippen LogP contribution is 2.19. The second kappa shape index (κ2) is 4.07. The quantitative estimate of drug-likeness (QED) is 0.689. The summed E-state index contributed by atoms with van der Waals surface area (Å²) >= 11 is 0. The Kier molecular flexibility index (Phi) is 3.03.